The Balaban J connectivity index is 1.36. The molecule has 6 nitrogen and oxygen atoms in total. The van der Waals surface area contributed by atoms with Crippen LogP contribution in [0.5, 0.6) is 0 Å². The van der Waals surface area contributed by atoms with E-state index in [1.165, 1.54) is 10.4 Å². The van der Waals surface area contributed by atoms with E-state index >= 15 is 0 Å². The molecule has 1 saturated heterocycles. The van der Waals surface area contributed by atoms with Crippen molar-refractivity contribution in [3.05, 3.63) is 76.6 Å². The summed E-state index contributed by atoms with van der Waals surface area (Å²) >= 11 is 1.80. The van der Waals surface area contributed by atoms with Crippen LogP contribution in [0.15, 0.2) is 71.2 Å². The number of thiophene rings is 1. The summed E-state index contributed by atoms with van der Waals surface area (Å²) < 4.78 is 5.54. The number of guanidine groups is 1. The number of pyridine rings is 1. The maximum Gasteiger partial charge on any atom is 0.191 e. The first-order chi connectivity index (χ1) is 15.3. The van der Waals surface area contributed by atoms with Gasteiger partial charge in [0.25, 0.3) is 0 Å². The SMILES string of the molecule is CN=C(NCc1cccc(-c2ccccn2)c1)NCC(c1cccs1)N1CCOCC1. The Morgan fingerprint density at radius 3 is 2.77 bits per heavy atom. The molecule has 2 N–H and O–H groups in total. The van der Waals surface area contributed by atoms with Crippen LogP contribution in [0.4, 0.5) is 0 Å². The number of nitrogens with zero attached hydrogens (tertiary/aromatic N) is 3. The van der Waals surface area contributed by atoms with Crippen LogP contribution in [0, 0.1) is 0 Å². The number of benzene rings is 1. The van der Waals surface area contributed by atoms with Crippen LogP contribution < -0.4 is 10.6 Å². The fraction of sp³-hybridized carbons (Fsp3) is 0.333. The highest BCUT2D eigenvalue weighted by atomic mass is 32.1. The van der Waals surface area contributed by atoms with Gasteiger partial charge in [0, 0.05) is 49.9 Å². The van der Waals surface area contributed by atoms with E-state index < -0.39 is 0 Å². The van der Waals surface area contributed by atoms with E-state index in [0.717, 1.165) is 50.1 Å². The smallest absolute Gasteiger partial charge is 0.191 e. The number of morpholine rings is 1. The van der Waals surface area contributed by atoms with Gasteiger partial charge in [0.1, 0.15) is 0 Å². The van der Waals surface area contributed by atoms with Gasteiger partial charge >= 0.3 is 0 Å². The van der Waals surface area contributed by atoms with Crippen LogP contribution in [-0.4, -0.2) is 55.7 Å². The van der Waals surface area contributed by atoms with Crippen LogP contribution in [0.2, 0.25) is 0 Å². The van der Waals surface area contributed by atoms with Crippen LogP contribution in [0.3, 0.4) is 0 Å². The molecular formula is C24H29N5OS. The van der Waals surface area contributed by atoms with E-state index in [1.54, 1.807) is 11.3 Å². The lowest BCUT2D eigenvalue weighted by molar-refractivity contribution is 0.0177. The molecule has 1 atom stereocenters. The highest BCUT2D eigenvalue weighted by molar-refractivity contribution is 7.10. The van der Waals surface area contributed by atoms with Crippen molar-refractivity contribution in [2.24, 2.45) is 4.99 Å². The fourth-order valence-electron chi connectivity index (χ4n) is 3.75. The van der Waals surface area contributed by atoms with Gasteiger partial charge < -0.3 is 15.4 Å². The zero-order valence-electron chi connectivity index (χ0n) is 17.8. The molecule has 0 amide bonds. The molecule has 1 aromatic carbocycles. The summed E-state index contributed by atoms with van der Waals surface area (Å²) in [6.07, 6.45) is 1.82. The second kappa shape index (κ2) is 11.0. The molecule has 162 valence electrons. The minimum Gasteiger partial charge on any atom is -0.379 e. The minimum atomic E-state index is 0.315. The van der Waals surface area contributed by atoms with Crippen molar-refractivity contribution >= 4 is 17.3 Å². The molecule has 0 aliphatic carbocycles. The molecule has 0 spiro atoms. The number of ether oxygens (including phenoxy) is 1. The topological polar surface area (TPSA) is 61.8 Å². The maximum absolute atomic E-state index is 5.54. The maximum atomic E-state index is 5.54. The summed E-state index contributed by atoms with van der Waals surface area (Å²) in [4.78, 5) is 12.7. The fourth-order valence-corrected chi connectivity index (χ4v) is 4.61. The molecule has 3 aromatic rings. The lowest BCUT2D eigenvalue weighted by Crippen LogP contribution is -2.46. The molecule has 1 fully saturated rings. The lowest BCUT2D eigenvalue weighted by atomic mass is 10.1. The number of hydrogen-bond acceptors (Lipinski definition) is 5. The van der Waals surface area contributed by atoms with Gasteiger partial charge in [-0.25, -0.2) is 0 Å². The number of rotatable bonds is 7. The van der Waals surface area contributed by atoms with Gasteiger partial charge in [-0.2, -0.15) is 0 Å². The van der Waals surface area contributed by atoms with Crippen LogP contribution in [-0.2, 0) is 11.3 Å². The molecule has 1 aliphatic rings. The summed E-state index contributed by atoms with van der Waals surface area (Å²) in [6, 6.07) is 19.1. The predicted molar refractivity (Wildman–Crippen MR) is 127 cm³/mol. The third-order valence-corrected chi connectivity index (χ3v) is 6.37. The number of nitrogens with one attached hydrogen (secondary N) is 2. The Bertz CT molecular complexity index is 955. The first-order valence-electron chi connectivity index (χ1n) is 10.6. The van der Waals surface area contributed by atoms with Crippen molar-refractivity contribution in [3.63, 3.8) is 0 Å². The van der Waals surface area contributed by atoms with E-state index in [1.807, 2.05) is 31.4 Å². The van der Waals surface area contributed by atoms with Crippen molar-refractivity contribution < 1.29 is 4.74 Å². The first kappa shape index (κ1) is 21.5. The Labute approximate surface area is 188 Å². The largest absolute Gasteiger partial charge is 0.379 e. The Morgan fingerprint density at radius 2 is 2.03 bits per heavy atom. The Kier molecular flexibility index (Phi) is 7.65. The van der Waals surface area contributed by atoms with E-state index in [2.05, 4.69) is 67.3 Å². The summed E-state index contributed by atoms with van der Waals surface area (Å²) in [6.45, 7) is 4.99. The highest BCUT2D eigenvalue weighted by Gasteiger charge is 2.23. The first-order valence-corrected chi connectivity index (χ1v) is 11.5. The molecule has 4 rings (SSSR count). The van der Waals surface area contributed by atoms with E-state index in [0.29, 0.717) is 12.6 Å². The van der Waals surface area contributed by atoms with Crippen LogP contribution >= 0.6 is 11.3 Å². The van der Waals surface area contributed by atoms with Crippen molar-refractivity contribution in [2.45, 2.75) is 12.6 Å². The van der Waals surface area contributed by atoms with E-state index in [-0.39, 0.29) is 0 Å². The highest BCUT2D eigenvalue weighted by Crippen LogP contribution is 2.25. The normalized spacial score (nSPS) is 16.1. The summed E-state index contributed by atoms with van der Waals surface area (Å²) in [7, 11) is 1.81. The minimum absolute atomic E-state index is 0.315. The molecular weight excluding hydrogens is 406 g/mol. The number of aromatic nitrogens is 1. The molecule has 2 aromatic heterocycles. The van der Waals surface area contributed by atoms with Crippen molar-refractivity contribution in [2.75, 3.05) is 39.9 Å². The van der Waals surface area contributed by atoms with Crippen molar-refractivity contribution in [1.82, 2.24) is 20.5 Å². The summed E-state index contributed by atoms with van der Waals surface area (Å²) in [5.74, 6) is 0.804. The third-order valence-electron chi connectivity index (χ3n) is 5.39. The van der Waals surface area contributed by atoms with Gasteiger partial charge in [-0.1, -0.05) is 30.3 Å². The van der Waals surface area contributed by atoms with Crippen LogP contribution in [0.25, 0.3) is 11.3 Å². The van der Waals surface area contributed by atoms with Crippen LogP contribution in [0.1, 0.15) is 16.5 Å². The number of aliphatic imine (C=N–C) groups is 1. The van der Waals surface area contributed by atoms with Gasteiger partial charge in [0.2, 0.25) is 0 Å². The molecule has 0 radical (unpaired) electrons. The molecule has 31 heavy (non-hydrogen) atoms. The van der Waals surface area contributed by atoms with Gasteiger partial charge in [0.15, 0.2) is 5.96 Å². The molecule has 0 bridgehead atoms. The van der Waals surface area contributed by atoms with Crippen molar-refractivity contribution in [1.29, 1.82) is 0 Å². The summed E-state index contributed by atoms with van der Waals surface area (Å²) in [5.41, 5.74) is 3.29. The second-order valence-electron chi connectivity index (χ2n) is 7.40. The molecule has 0 saturated carbocycles. The van der Waals surface area contributed by atoms with Gasteiger partial charge in [0.05, 0.1) is 24.9 Å². The Morgan fingerprint density at radius 1 is 1.13 bits per heavy atom. The molecule has 3 heterocycles. The van der Waals surface area contributed by atoms with E-state index in [9.17, 15) is 0 Å². The van der Waals surface area contributed by atoms with Gasteiger partial charge in [-0.3, -0.25) is 14.9 Å². The third kappa shape index (κ3) is 5.91. The average Bonchev–Trinajstić information content (AvgIpc) is 3.37. The second-order valence-corrected chi connectivity index (χ2v) is 8.38. The van der Waals surface area contributed by atoms with Crippen molar-refractivity contribution in [3.8, 4) is 11.3 Å². The molecule has 7 heteroatoms. The van der Waals surface area contributed by atoms with E-state index in [4.69, 9.17) is 4.74 Å². The number of hydrogen-bond donors (Lipinski definition) is 2. The zero-order valence-corrected chi connectivity index (χ0v) is 18.6. The molecule has 1 aliphatic heterocycles. The molecule has 1 unspecified atom stereocenters. The Hall–Kier alpha value is -2.74. The summed E-state index contributed by atoms with van der Waals surface area (Å²) in [5, 5.41) is 9.11. The van der Waals surface area contributed by atoms with Gasteiger partial charge in [-0.05, 0) is 35.2 Å². The zero-order chi connectivity index (χ0) is 21.3. The standard InChI is InChI=1S/C24H29N5OS/c1-25-24(27-17-19-6-4-7-20(16-19)21-8-2-3-10-26-21)28-18-22(23-9-5-15-31-23)29-11-13-30-14-12-29/h2-10,15-16,22H,11-14,17-18H2,1H3,(H2,25,27,28). The quantitative estimate of drug-likeness (QED) is 0.439. The predicted octanol–water partition coefficient (Wildman–Crippen LogP) is 3.55. The average molecular weight is 436 g/mol. The van der Waals surface area contributed by atoms with Gasteiger partial charge in [-0.15, -0.1) is 11.3 Å². The monoisotopic (exact) mass is 435 g/mol. The lowest BCUT2D eigenvalue weighted by Gasteiger charge is -2.34.